The first-order valence-corrected chi connectivity index (χ1v) is 6.62. The normalized spacial score (nSPS) is 10.4. The predicted octanol–water partition coefficient (Wildman–Crippen LogP) is 3.41. The standard InChI is InChI=1S/C14H15ClN2O2/c1-10-8-13(19-17-10)14(18)16-12-6-2-4-11(9-12)5-3-7-15/h2,4,6,8-9H,3,5,7H2,1H3,(H,16,18). The number of amides is 1. The molecule has 0 saturated heterocycles. The number of carbonyl (C=O) groups excluding carboxylic acids is 1. The van der Waals surface area contributed by atoms with E-state index in [-0.39, 0.29) is 11.7 Å². The summed E-state index contributed by atoms with van der Waals surface area (Å²) in [5.74, 6) is 0.548. The van der Waals surface area contributed by atoms with E-state index in [9.17, 15) is 4.79 Å². The molecule has 1 aromatic heterocycles. The molecule has 2 aromatic rings. The zero-order valence-electron chi connectivity index (χ0n) is 10.6. The summed E-state index contributed by atoms with van der Waals surface area (Å²) in [4.78, 5) is 11.9. The molecule has 100 valence electrons. The molecule has 0 spiro atoms. The summed E-state index contributed by atoms with van der Waals surface area (Å²) >= 11 is 5.67. The molecule has 0 aliphatic carbocycles. The largest absolute Gasteiger partial charge is 0.351 e. The highest BCUT2D eigenvalue weighted by molar-refractivity contribution is 6.17. The molecule has 0 bridgehead atoms. The van der Waals surface area contributed by atoms with E-state index in [2.05, 4.69) is 10.5 Å². The molecule has 0 fully saturated rings. The lowest BCUT2D eigenvalue weighted by atomic mass is 10.1. The number of halogens is 1. The Hall–Kier alpha value is -1.81. The van der Waals surface area contributed by atoms with Crippen molar-refractivity contribution < 1.29 is 9.32 Å². The topological polar surface area (TPSA) is 55.1 Å². The summed E-state index contributed by atoms with van der Waals surface area (Å²) in [6.45, 7) is 1.77. The summed E-state index contributed by atoms with van der Waals surface area (Å²) < 4.78 is 4.91. The molecule has 1 amide bonds. The fourth-order valence-corrected chi connectivity index (χ4v) is 1.87. The maximum Gasteiger partial charge on any atom is 0.294 e. The first-order chi connectivity index (χ1) is 9.19. The minimum absolute atomic E-state index is 0.212. The summed E-state index contributed by atoms with van der Waals surface area (Å²) in [6.07, 6.45) is 1.81. The first-order valence-electron chi connectivity index (χ1n) is 6.08. The number of alkyl halides is 1. The van der Waals surface area contributed by atoms with Crippen molar-refractivity contribution in [3.63, 3.8) is 0 Å². The third-order valence-corrected chi connectivity index (χ3v) is 2.90. The Morgan fingerprint density at radius 1 is 1.42 bits per heavy atom. The Balaban J connectivity index is 2.04. The Morgan fingerprint density at radius 3 is 2.95 bits per heavy atom. The summed E-state index contributed by atoms with van der Waals surface area (Å²) in [5, 5.41) is 6.47. The zero-order chi connectivity index (χ0) is 13.7. The molecule has 0 radical (unpaired) electrons. The SMILES string of the molecule is Cc1cc(C(=O)Nc2cccc(CCCCl)c2)on1. The Morgan fingerprint density at radius 2 is 2.26 bits per heavy atom. The molecule has 0 unspecified atom stereocenters. The minimum atomic E-state index is -0.296. The van der Waals surface area contributed by atoms with Crippen LogP contribution in [0.15, 0.2) is 34.9 Å². The fraction of sp³-hybridized carbons (Fsp3) is 0.286. The van der Waals surface area contributed by atoms with Gasteiger partial charge >= 0.3 is 0 Å². The highest BCUT2D eigenvalue weighted by Crippen LogP contribution is 2.14. The number of carbonyl (C=O) groups is 1. The van der Waals surface area contributed by atoms with Gasteiger partial charge < -0.3 is 9.84 Å². The Bertz CT molecular complexity index is 566. The van der Waals surface area contributed by atoms with Gasteiger partial charge in [0.1, 0.15) is 0 Å². The van der Waals surface area contributed by atoms with Crippen LogP contribution in [-0.2, 0) is 6.42 Å². The van der Waals surface area contributed by atoms with Gasteiger partial charge in [-0.2, -0.15) is 0 Å². The number of aryl methyl sites for hydroxylation is 2. The molecule has 0 aliphatic rings. The van der Waals surface area contributed by atoms with Gasteiger partial charge in [-0.05, 0) is 37.5 Å². The van der Waals surface area contributed by atoms with Gasteiger partial charge in [0, 0.05) is 17.6 Å². The molecule has 4 nitrogen and oxygen atoms in total. The maximum atomic E-state index is 11.9. The molecular formula is C14H15ClN2O2. The van der Waals surface area contributed by atoms with E-state index in [0.717, 1.165) is 24.1 Å². The van der Waals surface area contributed by atoms with Gasteiger partial charge in [-0.3, -0.25) is 4.79 Å². The van der Waals surface area contributed by atoms with Crippen molar-refractivity contribution in [2.75, 3.05) is 11.2 Å². The second-order valence-electron chi connectivity index (χ2n) is 4.28. The number of rotatable bonds is 5. The van der Waals surface area contributed by atoms with Crippen molar-refractivity contribution in [3.8, 4) is 0 Å². The fourth-order valence-electron chi connectivity index (χ4n) is 1.74. The van der Waals surface area contributed by atoms with E-state index in [1.54, 1.807) is 13.0 Å². The maximum absolute atomic E-state index is 11.9. The van der Waals surface area contributed by atoms with Crippen LogP contribution < -0.4 is 5.32 Å². The van der Waals surface area contributed by atoms with Crippen LogP contribution in [0, 0.1) is 6.92 Å². The Kier molecular flexibility index (Phi) is 4.58. The third kappa shape index (κ3) is 3.83. The van der Waals surface area contributed by atoms with Crippen molar-refractivity contribution in [3.05, 3.63) is 47.3 Å². The van der Waals surface area contributed by atoms with E-state index < -0.39 is 0 Å². The molecule has 2 rings (SSSR count). The molecule has 1 aromatic carbocycles. The average molecular weight is 279 g/mol. The molecule has 0 aliphatic heterocycles. The number of nitrogens with zero attached hydrogens (tertiary/aromatic N) is 1. The van der Waals surface area contributed by atoms with Crippen LogP contribution in [0.25, 0.3) is 0 Å². The second-order valence-corrected chi connectivity index (χ2v) is 4.66. The van der Waals surface area contributed by atoms with Crippen LogP contribution in [0.5, 0.6) is 0 Å². The number of anilines is 1. The highest BCUT2D eigenvalue weighted by Gasteiger charge is 2.11. The molecule has 5 heteroatoms. The third-order valence-electron chi connectivity index (χ3n) is 2.64. The highest BCUT2D eigenvalue weighted by atomic mass is 35.5. The first kappa shape index (κ1) is 13.6. The monoisotopic (exact) mass is 278 g/mol. The minimum Gasteiger partial charge on any atom is -0.351 e. The van der Waals surface area contributed by atoms with E-state index in [0.29, 0.717) is 11.6 Å². The lowest BCUT2D eigenvalue weighted by Crippen LogP contribution is -2.11. The van der Waals surface area contributed by atoms with E-state index in [1.165, 1.54) is 0 Å². The summed E-state index contributed by atoms with van der Waals surface area (Å²) in [6, 6.07) is 9.30. The van der Waals surface area contributed by atoms with E-state index >= 15 is 0 Å². The van der Waals surface area contributed by atoms with Gasteiger partial charge in [0.2, 0.25) is 5.76 Å². The lowest BCUT2D eigenvalue weighted by molar-refractivity contribution is 0.0988. The van der Waals surface area contributed by atoms with Crippen LogP contribution in [0.2, 0.25) is 0 Å². The number of benzene rings is 1. The van der Waals surface area contributed by atoms with Crippen molar-refractivity contribution >= 4 is 23.2 Å². The quantitative estimate of drug-likeness (QED) is 0.853. The van der Waals surface area contributed by atoms with Crippen LogP contribution in [0.4, 0.5) is 5.69 Å². The van der Waals surface area contributed by atoms with Gasteiger partial charge in [-0.25, -0.2) is 0 Å². The molecule has 0 atom stereocenters. The number of nitrogens with one attached hydrogen (secondary N) is 1. The summed E-state index contributed by atoms with van der Waals surface area (Å²) in [5.41, 5.74) is 2.57. The van der Waals surface area contributed by atoms with Crippen molar-refractivity contribution in [1.29, 1.82) is 0 Å². The number of aromatic nitrogens is 1. The van der Waals surface area contributed by atoms with Crippen molar-refractivity contribution in [2.45, 2.75) is 19.8 Å². The van der Waals surface area contributed by atoms with Gasteiger partial charge in [0.25, 0.3) is 5.91 Å². The van der Waals surface area contributed by atoms with Crippen LogP contribution in [0.3, 0.4) is 0 Å². The average Bonchev–Trinajstić information content (AvgIpc) is 2.83. The Labute approximate surface area is 116 Å². The number of hydrogen-bond donors (Lipinski definition) is 1. The lowest BCUT2D eigenvalue weighted by Gasteiger charge is -2.05. The van der Waals surface area contributed by atoms with Gasteiger partial charge in [0.15, 0.2) is 0 Å². The zero-order valence-corrected chi connectivity index (χ0v) is 11.4. The van der Waals surface area contributed by atoms with Gasteiger partial charge in [-0.15, -0.1) is 11.6 Å². The van der Waals surface area contributed by atoms with Crippen LogP contribution >= 0.6 is 11.6 Å². The molecule has 1 N–H and O–H groups in total. The molecule has 1 heterocycles. The predicted molar refractivity (Wildman–Crippen MR) is 74.7 cm³/mol. The second kappa shape index (κ2) is 6.38. The summed E-state index contributed by atoms with van der Waals surface area (Å²) in [7, 11) is 0. The molecule has 0 saturated carbocycles. The van der Waals surface area contributed by atoms with Gasteiger partial charge in [-0.1, -0.05) is 17.3 Å². The van der Waals surface area contributed by atoms with Crippen molar-refractivity contribution in [1.82, 2.24) is 5.16 Å². The van der Waals surface area contributed by atoms with E-state index in [4.69, 9.17) is 16.1 Å². The molecule has 19 heavy (non-hydrogen) atoms. The van der Waals surface area contributed by atoms with Crippen LogP contribution in [0.1, 0.15) is 28.2 Å². The van der Waals surface area contributed by atoms with Crippen LogP contribution in [-0.4, -0.2) is 16.9 Å². The van der Waals surface area contributed by atoms with Gasteiger partial charge in [0.05, 0.1) is 5.69 Å². The number of hydrogen-bond acceptors (Lipinski definition) is 3. The smallest absolute Gasteiger partial charge is 0.294 e. The molecular weight excluding hydrogens is 264 g/mol. The van der Waals surface area contributed by atoms with Crippen molar-refractivity contribution in [2.24, 2.45) is 0 Å². The van der Waals surface area contributed by atoms with E-state index in [1.807, 2.05) is 24.3 Å².